The summed E-state index contributed by atoms with van der Waals surface area (Å²) < 4.78 is 27.1. The van der Waals surface area contributed by atoms with Gasteiger partial charge in [-0.15, -0.1) is 0 Å². The molecule has 3 fully saturated rings. The zero-order valence-electron chi connectivity index (χ0n) is 14.8. The van der Waals surface area contributed by atoms with Gasteiger partial charge >= 0.3 is 6.16 Å². The summed E-state index contributed by atoms with van der Waals surface area (Å²) in [5, 5.41) is 9.12. The first kappa shape index (κ1) is 19.0. The van der Waals surface area contributed by atoms with Crippen LogP contribution in [-0.2, 0) is 33.3 Å². The lowest BCUT2D eigenvalue weighted by atomic mass is 9.84. The van der Waals surface area contributed by atoms with Gasteiger partial charge in [-0.1, -0.05) is 6.92 Å². The Labute approximate surface area is 150 Å². The number of amides is 2. The van der Waals surface area contributed by atoms with Crippen LogP contribution in [0.15, 0.2) is 0 Å². The Morgan fingerprint density at radius 2 is 2.08 bits per heavy atom. The average molecular weight is 373 g/mol. The lowest BCUT2D eigenvalue weighted by Gasteiger charge is -2.36. The number of imide groups is 1. The summed E-state index contributed by atoms with van der Waals surface area (Å²) in [4.78, 5) is 36.8. The van der Waals surface area contributed by atoms with Crippen molar-refractivity contribution >= 4 is 18.0 Å². The molecular weight excluding hydrogens is 350 g/mol. The highest BCUT2D eigenvalue weighted by molar-refractivity contribution is 6.05. The van der Waals surface area contributed by atoms with Crippen LogP contribution in [0.5, 0.6) is 0 Å². The molecule has 10 heteroatoms. The number of fused-ring (bicyclic) bond motifs is 1. The molecule has 0 radical (unpaired) electrons. The monoisotopic (exact) mass is 373 g/mol. The van der Waals surface area contributed by atoms with Crippen LogP contribution >= 0.6 is 0 Å². The highest BCUT2D eigenvalue weighted by Gasteiger charge is 2.59. The first-order valence-electron chi connectivity index (χ1n) is 8.58. The molecule has 146 valence electrons. The molecule has 0 aromatic rings. The fourth-order valence-corrected chi connectivity index (χ4v) is 3.86. The van der Waals surface area contributed by atoms with Crippen LogP contribution in [0, 0.1) is 11.8 Å². The first-order valence-corrected chi connectivity index (χ1v) is 8.58. The van der Waals surface area contributed by atoms with Crippen molar-refractivity contribution in [3.8, 4) is 0 Å². The largest absolute Gasteiger partial charge is 0.506 e. The van der Waals surface area contributed by atoms with E-state index in [4.69, 9.17) is 28.8 Å². The minimum atomic E-state index is -1.51. The Bertz CT molecular complexity index is 582. The molecule has 0 aromatic heterocycles. The number of ether oxygens (including phenoxy) is 5. The van der Waals surface area contributed by atoms with Crippen molar-refractivity contribution < 1.29 is 43.2 Å². The Morgan fingerprint density at radius 3 is 2.65 bits per heavy atom. The maximum absolute atomic E-state index is 12.5. The number of hydrogen-bond acceptors (Lipinski definition) is 8. The first-order chi connectivity index (χ1) is 12.4. The highest BCUT2D eigenvalue weighted by Crippen LogP contribution is 2.44. The van der Waals surface area contributed by atoms with Gasteiger partial charge in [0.05, 0.1) is 12.3 Å². The molecule has 26 heavy (non-hydrogen) atoms. The molecule has 3 heterocycles. The molecular formula is C16H23NO9. The molecule has 7 unspecified atom stereocenters. The summed E-state index contributed by atoms with van der Waals surface area (Å²) in [5.74, 6) is -1.60. The van der Waals surface area contributed by atoms with Crippen LogP contribution in [0.2, 0.25) is 0 Å². The van der Waals surface area contributed by atoms with E-state index in [0.29, 0.717) is 13.0 Å². The summed E-state index contributed by atoms with van der Waals surface area (Å²) >= 11 is 0. The van der Waals surface area contributed by atoms with Crippen molar-refractivity contribution in [2.45, 2.75) is 57.7 Å². The van der Waals surface area contributed by atoms with Crippen molar-refractivity contribution in [2.24, 2.45) is 11.8 Å². The molecule has 0 spiro atoms. The van der Waals surface area contributed by atoms with Crippen molar-refractivity contribution in [1.82, 2.24) is 4.90 Å². The fourth-order valence-electron chi connectivity index (χ4n) is 3.86. The van der Waals surface area contributed by atoms with E-state index in [1.807, 2.05) is 13.8 Å². The van der Waals surface area contributed by atoms with Crippen LogP contribution < -0.4 is 0 Å². The van der Waals surface area contributed by atoms with Gasteiger partial charge in [0.1, 0.15) is 6.10 Å². The van der Waals surface area contributed by atoms with Crippen LogP contribution in [0.4, 0.5) is 4.79 Å². The number of nitrogens with zero attached hydrogens (tertiary/aromatic N) is 1. The lowest BCUT2D eigenvalue weighted by molar-refractivity contribution is -0.284. The van der Waals surface area contributed by atoms with Gasteiger partial charge in [0.15, 0.2) is 24.9 Å². The van der Waals surface area contributed by atoms with Crippen LogP contribution in [0.25, 0.3) is 0 Å². The van der Waals surface area contributed by atoms with Crippen LogP contribution in [0.3, 0.4) is 0 Å². The van der Waals surface area contributed by atoms with Crippen molar-refractivity contribution in [1.29, 1.82) is 0 Å². The predicted octanol–water partition coefficient (Wildman–Crippen LogP) is 0.541. The van der Waals surface area contributed by atoms with E-state index in [0.717, 1.165) is 4.90 Å². The normalized spacial score (nSPS) is 40.0. The van der Waals surface area contributed by atoms with Crippen molar-refractivity contribution in [3.05, 3.63) is 0 Å². The number of methoxy groups -OCH3 is 1. The van der Waals surface area contributed by atoms with Gasteiger partial charge in [-0.2, -0.15) is 0 Å². The number of rotatable bonds is 5. The Kier molecular flexibility index (Phi) is 5.47. The summed E-state index contributed by atoms with van der Waals surface area (Å²) in [6.07, 6.45) is -5.60. The molecule has 3 rings (SSSR count). The van der Waals surface area contributed by atoms with Gasteiger partial charge in [-0.05, 0) is 12.8 Å². The summed E-state index contributed by atoms with van der Waals surface area (Å²) in [6.45, 7) is 4.19. The van der Waals surface area contributed by atoms with E-state index in [-0.39, 0.29) is 12.3 Å². The standard InChI is InChI=1S/C16H23NO9/c1-4-23-10-5-7(2)11-12(25-16(20)21)14(26-15(11)24-10)17-9(18)6-8(22-3)13(17)19/h7-8,10-12,14-15H,4-6H2,1-3H3,(H,20,21). The third-order valence-corrected chi connectivity index (χ3v) is 5.03. The van der Waals surface area contributed by atoms with Crippen molar-refractivity contribution in [2.75, 3.05) is 13.7 Å². The van der Waals surface area contributed by atoms with E-state index in [1.165, 1.54) is 7.11 Å². The molecule has 10 nitrogen and oxygen atoms in total. The minimum absolute atomic E-state index is 0.0642. The van der Waals surface area contributed by atoms with E-state index < -0.39 is 54.9 Å². The highest BCUT2D eigenvalue weighted by atomic mass is 16.8. The molecule has 3 aliphatic rings. The molecule has 3 aliphatic heterocycles. The van der Waals surface area contributed by atoms with Crippen LogP contribution in [0.1, 0.15) is 26.7 Å². The molecule has 0 aromatic carbocycles. The van der Waals surface area contributed by atoms with E-state index >= 15 is 0 Å². The SMILES string of the molecule is CCOC1CC(C)C2C(O1)OC(N1C(=O)CC(OC)C1=O)C2OC(=O)O. The smallest absolute Gasteiger partial charge is 0.450 e. The fraction of sp³-hybridized carbons (Fsp3) is 0.812. The second kappa shape index (κ2) is 7.47. The molecule has 7 atom stereocenters. The third kappa shape index (κ3) is 3.29. The summed E-state index contributed by atoms with van der Waals surface area (Å²) in [5.41, 5.74) is 0. The molecule has 0 aliphatic carbocycles. The zero-order chi connectivity index (χ0) is 19.0. The van der Waals surface area contributed by atoms with Gasteiger partial charge in [0, 0.05) is 20.1 Å². The maximum Gasteiger partial charge on any atom is 0.506 e. The van der Waals surface area contributed by atoms with E-state index in [9.17, 15) is 14.4 Å². The van der Waals surface area contributed by atoms with E-state index in [2.05, 4.69) is 0 Å². The van der Waals surface area contributed by atoms with Gasteiger partial charge in [0.2, 0.25) is 5.91 Å². The van der Waals surface area contributed by atoms with E-state index in [1.54, 1.807) is 0 Å². The summed E-state index contributed by atoms with van der Waals surface area (Å²) in [6, 6.07) is 0. The van der Waals surface area contributed by atoms with Gasteiger partial charge < -0.3 is 28.8 Å². The van der Waals surface area contributed by atoms with Crippen LogP contribution in [-0.4, -0.2) is 72.7 Å². The second-order valence-electron chi connectivity index (χ2n) is 6.59. The van der Waals surface area contributed by atoms with Gasteiger partial charge in [-0.25, -0.2) is 9.69 Å². The third-order valence-electron chi connectivity index (χ3n) is 5.03. The number of likely N-dealkylation sites (tertiary alicyclic amines) is 1. The van der Waals surface area contributed by atoms with Gasteiger partial charge in [0.25, 0.3) is 5.91 Å². The van der Waals surface area contributed by atoms with Gasteiger partial charge in [-0.3, -0.25) is 9.59 Å². The molecule has 2 amide bonds. The predicted molar refractivity (Wildman–Crippen MR) is 82.6 cm³/mol. The maximum atomic E-state index is 12.5. The Hall–Kier alpha value is -1.75. The zero-order valence-corrected chi connectivity index (χ0v) is 14.8. The molecule has 0 saturated carbocycles. The molecule has 0 bridgehead atoms. The Balaban J connectivity index is 1.86. The number of hydrogen-bond donors (Lipinski definition) is 1. The quantitative estimate of drug-likeness (QED) is 0.543. The topological polar surface area (TPSA) is 121 Å². The number of carbonyl (C=O) groups is 3. The minimum Gasteiger partial charge on any atom is -0.450 e. The molecule has 3 saturated heterocycles. The summed E-state index contributed by atoms with van der Waals surface area (Å²) in [7, 11) is 1.33. The lowest BCUT2D eigenvalue weighted by Crippen LogP contribution is -2.49. The number of carbonyl (C=O) groups excluding carboxylic acids is 2. The second-order valence-corrected chi connectivity index (χ2v) is 6.59. The number of carboxylic acid groups (broad SMARTS) is 1. The average Bonchev–Trinajstić information content (AvgIpc) is 3.04. The Morgan fingerprint density at radius 1 is 1.35 bits per heavy atom. The van der Waals surface area contributed by atoms with Crippen molar-refractivity contribution in [3.63, 3.8) is 0 Å². The molecule has 1 N–H and O–H groups in total.